The second-order valence-corrected chi connectivity index (χ2v) is 8.20. The largest absolute Gasteiger partial charge is 0.493 e. The van der Waals surface area contributed by atoms with Crippen molar-refractivity contribution in [2.45, 2.75) is 6.92 Å². The first kappa shape index (κ1) is 21.8. The van der Waals surface area contributed by atoms with E-state index in [4.69, 9.17) is 14.5 Å². The molecule has 1 heterocycles. The molecule has 0 spiro atoms. The molecule has 160 valence electrons. The summed E-state index contributed by atoms with van der Waals surface area (Å²) in [6.07, 6.45) is 3.37. The number of hydrogen-bond donors (Lipinski definition) is 0. The van der Waals surface area contributed by atoms with Gasteiger partial charge in [0.1, 0.15) is 0 Å². The summed E-state index contributed by atoms with van der Waals surface area (Å²) in [7, 11) is 3.18. The molecule has 0 bridgehead atoms. The van der Waals surface area contributed by atoms with Gasteiger partial charge in [-0.3, -0.25) is 9.78 Å². The minimum absolute atomic E-state index is 0.106. The summed E-state index contributed by atoms with van der Waals surface area (Å²) in [5.41, 5.74) is 4.84. The SMILES string of the molecule is COc1ccc(/C=C/C(=O)c2c(C)nc3ccc(Br)cc3c2-c2ccccc2)cc1OC. The zero-order valence-corrected chi connectivity index (χ0v) is 19.6. The minimum atomic E-state index is -0.106. The van der Waals surface area contributed by atoms with Crippen molar-refractivity contribution in [2.75, 3.05) is 14.2 Å². The maximum absolute atomic E-state index is 13.4. The molecular weight excluding hydrogens is 466 g/mol. The van der Waals surface area contributed by atoms with Gasteiger partial charge >= 0.3 is 0 Å². The monoisotopic (exact) mass is 487 g/mol. The van der Waals surface area contributed by atoms with Gasteiger partial charge in [0.25, 0.3) is 0 Å². The fraction of sp³-hybridized carbons (Fsp3) is 0.111. The molecule has 1 aromatic heterocycles. The van der Waals surface area contributed by atoms with Crippen LogP contribution in [-0.2, 0) is 0 Å². The number of benzene rings is 3. The van der Waals surface area contributed by atoms with Gasteiger partial charge in [0.15, 0.2) is 17.3 Å². The third-order valence-electron chi connectivity index (χ3n) is 5.27. The van der Waals surface area contributed by atoms with Crippen LogP contribution in [0.15, 0.2) is 77.3 Å². The highest BCUT2D eigenvalue weighted by atomic mass is 79.9. The molecule has 3 aromatic carbocycles. The molecule has 5 heteroatoms. The first-order valence-electron chi connectivity index (χ1n) is 10.1. The highest BCUT2D eigenvalue weighted by Gasteiger charge is 2.19. The average Bonchev–Trinajstić information content (AvgIpc) is 2.82. The number of hydrogen-bond acceptors (Lipinski definition) is 4. The van der Waals surface area contributed by atoms with Gasteiger partial charge in [-0.05, 0) is 54.5 Å². The van der Waals surface area contributed by atoms with Crippen LogP contribution in [0.3, 0.4) is 0 Å². The number of ketones is 1. The van der Waals surface area contributed by atoms with Crippen molar-refractivity contribution in [1.82, 2.24) is 4.98 Å². The lowest BCUT2D eigenvalue weighted by molar-refractivity contribution is 0.104. The van der Waals surface area contributed by atoms with Crippen LogP contribution < -0.4 is 9.47 Å². The van der Waals surface area contributed by atoms with Crippen molar-refractivity contribution >= 4 is 38.7 Å². The smallest absolute Gasteiger partial charge is 0.188 e. The topological polar surface area (TPSA) is 48.4 Å². The number of methoxy groups -OCH3 is 2. The molecule has 0 aliphatic rings. The lowest BCUT2D eigenvalue weighted by Gasteiger charge is -2.14. The molecule has 0 aliphatic heterocycles. The quantitative estimate of drug-likeness (QED) is 0.219. The molecule has 4 rings (SSSR count). The first-order valence-corrected chi connectivity index (χ1v) is 10.9. The number of nitrogens with zero attached hydrogens (tertiary/aromatic N) is 1. The molecule has 4 nitrogen and oxygen atoms in total. The van der Waals surface area contributed by atoms with Gasteiger partial charge in [-0.1, -0.05) is 58.4 Å². The van der Waals surface area contributed by atoms with Gasteiger partial charge in [0.2, 0.25) is 0 Å². The maximum atomic E-state index is 13.4. The van der Waals surface area contributed by atoms with Gasteiger partial charge in [-0.15, -0.1) is 0 Å². The second-order valence-electron chi connectivity index (χ2n) is 7.29. The van der Waals surface area contributed by atoms with Gasteiger partial charge in [0, 0.05) is 21.1 Å². The Bertz CT molecular complexity index is 1330. The van der Waals surface area contributed by atoms with E-state index in [0.717, 1.165) is 32.1 Å². The molecule has 0 radical (unpaired) electrons. The Kier molecular flexibility index (Phi) is 6.37. The van der Waals surface area contributed by atoms with Crippen molar-refractivity contribution in [3.8, 4) is 22.6 Å². The lowest BCUT2D eigenvalue weighted by Crippen LogP contribution is -2.05. The third kappa shape index (κ3) is 4.30. The Morgan fingerprint density at radius 2 is 1.69 bits per heavy atom. The number of aryl methyl sites for hydroxylation is 1. The van der Waals surface area contributed by atoms with Crippen LogP contribution in [0.4, 0.5) is 0 Å². The van der Waals surface area contributed by atoms with Gasteiger partial charge < -0.3 is 9.47 Å². The number of carbonyl (C=O) groups excluding carboxylic acids is 1. The van der Waals surface area contributed by atoms with E-state index in [-0.39, 0.29) is 5.78 Å². The Morgan fingerprint density at radius 1 is 0.938 bits per heavy atom. The molecule has 0 N–H and O–H groups in total. The van der Waals surface area contributed by atoms with Crippen LogP contribution >= 0.6 is 15.9 Å². The fourth-order valence-corrected chi connectivity index (χ4v) is 4.14. The van der Waals surface area contributed by atoms with Gasteiger partial charge in [-0.2, -0.15) is 0 Å². The molecule has 0 aliphatic carbocycles. The van der Waals surface area contributed by atoms with Crippen molar-refractivity contribution in [3.63, 3.8) is 0 Å². The number of carbonyl (C=O) groups is 1. The van der Waals surface area contributed by atoms with E-state index < -0.39 is 0 Å². The van der Waals surface area contributed by atoms with Crippen molar-refractivity contribution in [3.05, 3.63) is 94.1 Å². The number of aromatic nitrogens is 1. The Labute approximate surface area is 195 Å². The number of pyridine rings is 1. The van der Waals surface area contributed by atoms with Crippen LogP contribution in [0.2, 0.25) is 0 Å². The predicted octanol–water partition coefficient (Wildman–Crippen LogP) is 6.89. The summed E-state index contributed by atoms with van der Waals surface area (Å²) < 4.78 is 11.6. The van der Waals surface area contributed by atoms with Crippen molar-refractivity contribution < 1.29 is 14.3 Å². The number of halogens is 1. The normalized spacial score (nSPS) is 11.1. The van der Waals surface area contributed by atoms with Crippen LogP contribution in [0.5, 0.6) is 11.5 Å². The van der Waals surface area contributed by atoms with E-state index in [1.54, 1.807) is 26.4 Å². The fourth-order valence-electron chi connectivity index (χ4n) is 3.78. The zero-order valence-electron chi connectivity index (χ0n) is 18.1. The predicted molar refractivity (Wildman–Crippen MR) is 133 cm³/mol. The first-order chi connectivity index (χ1) is 15.5. The third-order valence-corrected chi connectivity index (χ3v) is 5.76. The Balaban J connectivity index is 1.84. The molecule has 0 atom stereocenters. The number of ether oxygens (including phenoxy) is 2. The zero-order chi connectivity index (χ0) is 22.7. The van der Waals surface area contributed by atoms with E-state index in [9.17, 15) is 4.79 Å². The number of fused-ring (bicyclic) bond motifs is 1. The van der Waals surface area contributed by atoms with Crippen LogP contribution in [-0.4, -0.2) is 25.0 Å². The Morgan fingerprint density at radius 3 is 2.41 bits per heavy atom. The van der Waals surface area contributed by atoms with Crippen molar-refractivity contribution in [2.24, 2.45) is 0 Å². The molecule has 0 saturated carbocycles. The highest BCUT2D eigenvalue weighted by Crippen LogP contribution is 2.35. The molecule has 0 amide bonds. The molecule has 0 unspecified atom stereocenters. The minimum Gasteiger partial charge on any atom is -0.493 e. The van der Waals surface area contributed by atoms with Gasteiger partial charge in [0.05, 0.1) is 25.3 Å². The molecule has 0 saturated heterocycles. The van der Waals surface area contributed by atoms with E-state index >= 15 is 0 Å². The van der Waals surface area contributed by atoms with Crippen molar-refractivity contribution in [1.29, 1.82) is 0 Å². The summed E-state index contributed by atoms with van der Waals surface area (Å²) in [6.45, 7) is 1.88. The summed E-state index contributed by atoms with van der Waals surface area (Å²) in [5.74, 6) is 1.15. The number of rotatable bonds is 6. The van der Waals surface area contributed by atoms with E-state index in [2.05, 4.69) is 15.9 Å². The second kappa shape index (κ2) is 9.37. The van der Waals surface area contributed by atoms with E-state index in [0.29, 0.717) is 22.8 Å². The lowest BCUT2D eigenvalue weighted by atomic mass is 9.92. The summed E-state index contributed by atoms with van der Waals surface area (Å²) in [6, 6.07) is 21.4. The standard InChI is InChI=1S/C27H22BrNO3/c1-17-26(23(30)13-9-18-10-14-24(31-2)25(15-18)32-3)27(19-7-5-4-6-8-19)21-16-20(28)11-12-22(21)29-17/h4-16H,1-3H3/b13-9+. The average molecular weight is 488 g/mol. The van der Waals surface area contributed by atoms with Crippen LogP contribution in [0.25, 0.3) is 28.1 Å². The molecule has 32 heavy (non-hydrogen) atoms. The highest BCUT2D eigenvalue weighted by molar-refractivity contribution is 9.10. The molecule has 4 aromatic rings. The summed E-state index contributed by atoms with van der Waals surface area (Å²) >= 11 is 3.56. The van der Waals surface area contributed by atoms with Crippen LogP contribution in [0.1, 0.15) is 21.6 Å². The Hall–Kier alpha value is -3.44. The molecule has 0 fully saturated rings. The van der Waals surface area contributed by atoms with Gasteiger partial charge in [-0.25, -0.2) is 0 Å². The van der Waals surface area contributed by atoms with E-state index in [1.807, 2.05) is 73.7 Å². The molecular formula is C27H22BrNO3. The summed E-state index contributed by atoms with van der Waals surface area (Å²) in [4.78, 5) is 18.2. The van der Waals surface area contributed by atoms with E-state index in [1.165, 1.54) is 0 Å². The number of allylic oxidation sites excluding steroid dienone is 1. The van der Waals surface area contributed by atoms with Crippen LogP contribution in [0, 0.1) is 6.92 Å². The summed E-state index contributed by atoms with van der Waals surface area (Å²) in [5, 5.41) is 0.930. The maximum Gasteiger partial charge on any atom is 0.188 e.